The molecule has 0 aliphatic rings. The van der Waals surface area contributed by atoms with Crippen LogP contribution in [0.3, 0.4) is 0 Å². The summed E-state index contributed by atoms with van der Waals surface area (Å²) in [7, 11) is -4.75. The topological polar surface area (TPSA) is 119 Å². The van der Waals surface area contributed by atoms with Gasteiger partial charge in [0.2, 0.25) is 0 Å². The molecule has 1 atom stereocenters. The molecule has 8 nitrogen and oxygen atoms in total. The molecule has 0 aromatic heterocycles. The first kappa shape index (κ1) is 46.8. The number of esters is 2. The normalized spacial score (nSPS) is 12.5. The van der Waals surface area contributed by atoms with Crippen molar-refractivity contribution in [1.82, 2.24) is 0 Å². The summed E-state index contributed by atoms with van der Waals surface area (Å²) in [4.78, 5) is 42.7. The van der Waals surface area contributed by atoms with Crippen LogP contribution in [0.4, 0.5) is 0 Å². The standard InChI is InChI=1S/C39H75O8P/c1-3-5-7-9-11-13-15-16-17-18-19-20-21-22-24-25-27-29-31-33-38(40)45-35-37(36-46-48(42,43)44)47-39(41)34-32-30-28-26-23-14-12-10-8-6-4-2/h10,12,37H,3-9,11,13-36H2,1-2H3,(H2,42,43,44)/b12-10+/t37-/m1/s1. The van der Waals surface area contributed by atoms with E-state index in [0.717, 1.165) is 57.8 Å². The molecule has 0 bridgehead atoms. The molecule has 0 saturated heterocycles. The fourth-order valence-corrected chi connectivity index (χ4v) is 6.13. The maximum atomic E-state index is 12.3. The van der Waals surface area contributed by atoms with Crippen molar-refractivity contribution < 1.29 is 37.9 Å². The molecule has 284 valence electrons. The van der Waals surface area contributed by atoms with Crippen LogP contribution in [0, 0.1) is 0 Å². The summed E-state index contributed by atoms with van der Waals surface area (Å²) in [5, 5.41) is 0. The molecule has 0 radical (unpaired) electrons. The number of unbranched alkanes of at least 4 members (excludes halogenated alkanes) is 25. The zero-order valence-corrected chi connectivity index (χ0v) is 32.0. The van der Waals surface area contributed by atoms with E-state index in [-0.39, 0.29) is 19.4 Å². The predicted octanol–water partition coefficient (Wildman–Crippen LogP) is 11.8. The van der Waals surface area contributed by atoms with E-state index in [1.54, 1.807) is 0 Å². The first-order valence-corrected chi connectivity index (χ1v) is 21.5. The largest absolute Gasteiger partial charge is 0.469 e. The highest BCUT2D eigenvalue weighted by atomic mass is 31.2. The Bertz CT molecular complexity index is 797. The fourth-order valence-electron chi connectivity index (χ4n) is 5.77. The summed E-state index contributed by atoms with van der Waals surface area (Å²) in [6.07, 6.45) is 38.0. The monoisotopic (exact) mass is 703 g/mol. The van der Waals surface area contributed by atoms with Crippen molar-refractivity contribution in [2.24, 2.45) is 0 Å². The molecule has 0 rings (SSSR count). The van der Waals surface area contributed by atoms with Crippen molar-refractivity contribution >= 4 is 19.8 Å². The molecule has 0 spiro atoms. The van der Waals surface area contributed by atoms with E-state index >= 15 is 0 Å². The van der Waals surface area contributed by atoms with Gasteiger partial charge >= 0.3 is 19.8 Å². The van der Waals surface area contributed by atoms with Crippen LogP contribution in [0.15, 0.2) is 12.2 Å². The number of allylic oxidation sites excluding steroid dienone is 2. The minimum absolute atomic E-state index is 0.205. The Morgan fingerprint density at radius 2 is 0.896 bits per heavy atom. The van der Waals surface area contributed by atoms with Gasteiger partial charge in [-0.05, 0) is 32.1 Å². The van der Waals surface area contributed by atoms with Crippen molar-refractivity contribution in [3.63, 3.8) is 0 Å². The number of carbonyl (C=O) groups is 2. The zero-order chi connectivity index (χ0) is 35.4. The van der Waals surface area contributed by atoms with E-state index in [4.69, 9.17) is 19.3 Å². The van der Waals surface area contributed by atoms with Gasteiger partial charge < -0.3 is 19.3 Å². The molecule has 2 N–H and O–H groups in total. The van der Waals surface area contributed by atoms with E-state index in [9.17, 15) is 14.2 Å². The Kier molecular flexibility index (Phi) is 34.7. The van der Waals surface area contributed by atoms with Gasteiger partial charge in [-0.1, -0.05) is 174 Å². The van der Waals surface area contributed by atoms with Crippen LogP contribution in [0.1, 0.15) is 206 Å². The van der Waals surface area contributed by atoms with Crippen LogP contribution in [-0.4, -0.2) is 41.0 Å². The molecule has 0 aromatic carbocycles. The predicted molar refractivity (Wildman–Crippen MR) is 198 cm³/mol. The molecule has 0 aliphatic carbocycles. The number of carbonyl (C=O) groups excluding carboxylic acids is 2. The highest BCUT2D eigenvalue weighted by Gasteiger charge is 2.22. The van der Waals surface area contributed by atoms with Crippen LogP contribution >= 0.6 is 7.82 Å². The second-order valence-corrected chi connectivity index (χ2v) is 14.9. The lowest BCUT2D eigenvalue weighted by Crippen LogP contribution is -2.29. The Hall–Kier alpha value is -1.21. The van der Waals surface area contributed by atoms with Gasteiger partial charge in [0.25, 0.3) is 0 Å². The lowest BCUT2D eigenvalue weighted by Gasteiger charge is -2.18. The molecule has 48 heavy (non-hydrogen) atoms. The minimum atomic E-state index is -4.75. The molecular formula is C39H75O8P. The van der Waals surface area contributed by atoms with Gasteiger partial charge in [-0.25, -0.2) is 4.57 Å². The second kappa shape index (κ2) is 35.6. The van der Waals surface area contributed by atoms with E-state index in [2.05, 4.69) is 30.5 Å². The number of hydrogen-bond acceptors (Lipinski definition) is 6. The lowest BCUT2D eigenvalue weighted by atomic mass is 10.0. The van der Waals surface area contributed by atoms with Crippen LogP contribution in [0.5, 0.6) is 0 Å². The van der Waals surface area contributed by atoms with Crippen LogP contribution in [-0.2, 0) is 28.2 Å². The van der Waals surface area contributed by atoms with E-state index in [1.165, 1.54) is 116 Å². The molecular weight excluding hydrogens is 627 g/mol. The highest BCUT2D eigenvalue weighted by molar-refractivity contribution is 7.46. The Labute approximate surface area is 295 Å². The Balaban J connectivity index is 3.85. The first-order valence-electron chi connectivity index (χ1n) is 20.0. The molecule has 0 unspecified atom stereocenters. The van der Waals surface area contributed by atoms with Crippen LogP contribution < -0.4 is 0 Å². The smallest absolute Gasteiger partial charge is 0.462 e. The van der Waals surface area contributed by atoms with Gasteiger partial charge in [0.1, 0.15) is 6.61 Å². The SMILES string of the molecule is CCCC/C=C/CCCCCCCC(=O)O[C@H](COC(=O)CCCCCCCCCCCCCCCCCCCCC)COP(=O)(O)O. The average molecular weight is 703 g/mol. The van der Waals surface area contributed by atoms with Gasteiger partial charge in [-0.2, -0.15) is 0 Å². The summed E-state index contributed by atoms with van der Waals surface area (Å²) >= 11 is 0. The van der Waals surface area contributed by atoms with Gasteiger partial charge in [0.15, 0.2) is 6.10 Å². The highest BCUT2D eigenvalue weighted by Crippen LogP contribution is 2.36. The number of phosphoric ester groups is 1. The van der Waals surface area contributed by atoms with Crippen LogP contribution in [0.25, 0.3) is 0 Å². The molecule has 0 heterocycles. The minimum Gasteiger partial charge on any atom is -0.462 e. The van der Waals surface area contributed by atoms with E-state index < -0.39 is 32.5 Å². The quantitative estimate of drug-likeness (QED) is 0.0284. The van der Waals surface area contributed by atoms with Crippen molar-refractivity contribution in [3.05, 3.63) is 12.2 Å². The Morgan fingerprint density at radius 3 is 1.33 bits per heavy atom. The maximum Gasteiger partial charge on any atom is 0.469 e. The number of phosphoric acid groups is 1. The average Bonchev–Trinajstić information content (AvgIpc) is 3.05. The number of hydrogen-bond donors (Lipinski definition) is 2. The number of rotatable bonds is 37. The summed E-state index contributed by atoms with van der Waals surface area (Å²) < 4.78 is 26.3. The molecule has 0 fully saturated rings. The third kappa shape index (κ3) is 37.6. The molecule has 0 saturated carbocycles. The first-order chi connectivity index (χ1) is 23.3. The summed E-state index contributed by atoms with van der Waals surface area (Å²) in [5.41, 5.74) is 0. The van der Waals surface area contributed by atoms with Crippen molar-refractivity contribution in [2.75, 3.05) is 13.2 Å². The Morgan fingerprint density at radius 1 is 0.521 bits per heavy atom. The maximum absolute atomic E-state index is 12.3. The van der Waals surface area contributed by atoms with Gasteiger partial charge in [0.05, 0.1) is 6.61 Å². The summed E-state index contributed by atoms with van der Waals surface area (Å²) in [6, 6.07) is 0. The molecule has 0 aromatic rings. The van der Waals surface area contributed by atoms with E-state index in [1.807, 2.05) is 0 Å². The summed E-state index contributed by atoms with van der Waals surface area (Å²) in [5.74, 6) is -0.887. The summed E-state index contributed by atoms with van der Waals surface area (Å²) in [6.45, 7) is 3.65. The second-order valence-electron chi connectivity index (χ2n) is 13.6. The molecule has 0 amide bonds. The van der Waals surface area contributed by atoms with Gasteiger partial charge in [-0.15, -0.1) is 0 Å². The van der Waals surface area contributed by atoms with Crippen molar-refractivity contribution in [2.45, 2.75) is 213 Å². The van der Waals surface area contributed by atoms with Crippen LogP contribution in [0.2, 0.25) is 0 Å². The van der Waals surface area contributed by atoms with Gasteiger partial charge in [-0.3, -0.25) is 14.1 Å². The van der Waals surface area contributed by atoms with E-state index in [0.29, 0.717) is 6.42 Å². The zero-order valence-electron chi connectivity index (χ0n) is 31.2. The number of ether oxygens (including phenoxy) is 2. The fraction of sp³-hybridized carbons (Fsp3) is 0.897. The third-order valence-electron chi connectivity index (χ3n) is 8.78. The molecule has 9 heteroatoms. The van der Waals surface area contributed by atoms with Crippen molar-refractivity contribution in [1.29, 1.82) is 0 Å². The molecule has 0 aliphatic heterocycles. The lowest BCUT2D eigenvalue weighted by molar-refractivity contribution is -0.161. The van der Waals surface area contributed by atoms with Crippen molar-refractivity contribution in [3.8, 4) is 0 Å². The van der Waals surface area contributed by atoms with Gasteiger partial charge in [0, 0.05) is 12.8 Å². The third-order valence-corrected chi connectivity index (χ3v) is 9.27.